The second-order valence-corrected chi connectivity index (χ2v) is 7.11. The third-order valence-corrected chi connectivity index (χ3v) is 5.48. The van der Waals surface area contributed by atoms with E-state index >= 15 is 0 Å². The van der Waals surface area contributed by atoms with Crippen molar-refractivity contribution in [2.45, 2.75) is 32.7 Å². The molecule has 0 saturated heterocycles. The number of thiophene rings is 1. The van der Waals surface area contributed by atoms with Crippen molar-refractivity contribution in [2.75, 3.05) is 13.1 Å². The maximum absolute atomic E-state index is 12.6. The Labute approximate surface area is 146 Å². The monoisotopic (exact) mass is 342 g/mol. The van der Waals surface area contributed by atoms with Gasteiger partial charge in [-0.25, -0.2) is 0 Å². The molecule has 1 aromatic heterocycles. The van der Waals surface area contributed by atoms with Gasteiger partial charge in [-0.2, -0.15) is 0 Å². The minimum Gasteiger partial charge on any atom is -0.343 e. The van der Waals surface area contributed by atoms with E-state index in [1.807, 2.05) is 30.0 Å². The summed E-state index contributed by atoms with van der Waals surface area (Å²) in [4.78, 5) is 28.1. The third kappa shape index (κ3) is 3.36. The molecule has 0 unspecified atom stereocenters. The molecule has 5 heteroatoms. The summed E-state index contributed by atoms with van der Waals surface area (Å²) in [5, 5.41) is 4.86. The van der Waals surface area contributed by atoms with Crippen molar-refractivity contribution < 1.29 is 9.59 Å². The molecule has 0 fully saturated rings. The number of nitrogens with zero attached hydrogens (tertiary/aromatic N) is 1. The first-order valence-corrected chi connectivity index (χ1v) is 9.18. The van der Waals surface area contributed by atoms with Crippen LogP contribution in [-0.2, 0) is 11.2 Å². The molecule has 2 heterocycles. The fourth-order valence-corrected chi connectivity index (χ4v) is 4.21. The standard InChI is InChI=1S/C19H22N2O2S/c1-3-16-15-8-10-24-17(15)7-9-21(16)18(22)12-20-19(23)14-6-4-5-13(2)11-14/h4-6,8,10-11,16H,3,7,9,12H2,1-2H3,(H,20,23)/t16-/m0/s1. The molecular weight excluding hydrogens is 320 g/mol. The van der Waals surface area contributed by atoms with E-state index in [4.69, 9.17) is 0 Å². The van der Waals surface area contributed by atoms with Gasteiger partial charge in [0, 0.05) is 17.0 Å². The van der Waals surface area contributed by atoms with Crippen molar-refractivity contribution in [3.63, 3.8) is 0 Å². The number of aryl methyl sites for hydroxylation is 1. The highest BCUT2D eigenvalue weighted by molar-refractivity contribution is 7.10. The first kappa shape index (κ1) is 16.7. The largest absolute Gasteiger partial charge is 0.343 e. The molecule has 1 atom stereocenters. The molecule has 24 heavy (non-hydrogen) atoms. The summed E-state index contributed by atoms with van der Waals surface area (Å²) in [5.74, 6) is -0.215. The van der Waals surface area contributed by atoms with Crippen molar-refractivity contribution >= 4 is 23.2 Å². The minimum absolute atomic E-state index is 0.0142. The Kier molecular flexibility index (Phi) is 5.00. The highest BCUT2D eigenvalue weighted by Gasteiger charge is 2.30. The molecule has 2 aromatic rings. The number of carbonyl (C=O) groups excluding carboxylic acids is 2. The molecule has 1 aromatic carbocycles. The quantitative estimate of drug-likeness (QED) is 0.926. The Hall–Kier alpha value is -2.14. The predicted molar refractivity (Wildman–Crippen MR) is 96.3 cm³/mol. The Balaban J connectivity index is 1.64. The van der Waals surface area contributed by atoms with Crippen LogP contribution in [0.5, 0.6) is 0 Å². The number of hydrogen-bond donors (Lipinski definition) is 1. The second kappa shape index (κ2) is 7.18. The topological polar surface area (TPSA) is 49.4 Å². The Morgan fingerprint density at radius 2 is 2.17 bits per heavy atom. The van der Waals surface area contributed by atoms with Crippen LogP contribution in [0, 0.1) is 6.92 Å². The van der Waals surface area contributed by atoms with Gasteiger partial charge in [-0.3, -0.25) is 9.59 Å². The van der Waals surface area contributed by atoms with Crippen molar-refractivity contribution in [2.24, 2.45) is 0 Å². The van der Waals surface area contributed by atoms with E-state index in [0.29, 0.717) is 5.56 Å². The van der Waals surface area contributed by atoms with Gasteiger partial charge in [0.05, 0.1) is 12.6 Å². The molecule has 0 spiro atoms. The van der Waals surface area contributed by atoms with E-state index < -0.39 is 0 Å². The van der Waals surface area contributed by atoms with E-state index in [2.05, 4.69) is 23.7 Å². The van der Waals surface area contributed by atoms with Gasteiger partial charge in [-0.05, 0) is 48.9 Å². The molecular formula is C19H22N2O2S. The van der Waals surface area contributed by atoms with Crippen molar-refractivity contribution in [1.29, 1.82) is 0 Å². The molecule has 1 aliphatic rings. The first-order chi connectivity index (χ1) is 11.6. The first-order valence-electron chi connectivity index (χ1n) is 8.30. The van der Waals surface area contributed by atoms with Gasteiger partial charge < -0.3 is 10.2 Å². The van der Waals surface area contributed by atoms with Gasteiger partial charge in [0.15, 0.2) is 0 Å². The maximum Gasteiger partial charge on any atom is 0.251 e. The number of rotatable bonds is 4. The SMILES string of the molecule is CC[C@H]1c2ccsc2CCN1C(=O)CNC(=O)c1cccc(C)c1. The number of nitrogens with one attached hydrogen (secondary N) is 1. The van der Waals surface area contributed by atoms with Gasteiger partial charge in [0.1, 0.15) is 0 Å². The number of fused-ring (bicyclic) bond motifs is 1. The molecule has 0 saturated carbocycles. The molecule has 1 aliphatic heterocycles. The third-order valence-electron chi connectivity index (χ3n) is 4.48. The van der Waals surface area contributed by atoms with Gasteiger partial charge in [-0.15, -0.1) is 11.3 Å². The summed E-state index contributed by atoms with van der Waals surface area (Å²) < 4.78 is 0. The summed E-state index contributed by atoms with van der Waals surface area (Å²) in [5.41, 5.74) is 2.89. The van der Waals surface area contributed by atoms with E-state index in [9.17, 15) is 9.59 Å². The van der Waals surface area contributed by atoms with Crippen molar-refractivity contribution in [3.8, 4) is 0 Å². The highest BCUT2D eigenvalue weighted by Crippen LogP contribution is 2.35. The second-order valence-electron chi connectivity index (χ2n) is 6.11. The van der Waals surface area contributed by atoms with Gasteiger partial charge >= 0.3 is 0 Å². The lowest BCUT2D eigenvalue weighted by Gasteiger charge is -2.35. The van der Waals surface area contributed by atoms with Gasteiger partial charge in [0.2, 0.25) is 5.91 Å². The highest BCUT2D eigenvalue weighted by atomic mass is 32.1. The molecule has 126 valence electrons. The van der Waals surface area contributed by atoms with Crippen LogP contribution < -0.4 is 5.32 Å². The molecule has 0 bridgehead atoms. The zero-order valence-corrected chi connectivity index (χ0v) is 14.9. The number of benzene rings is 1. The van der Waals surface area contributed by atoms with Crippen molar-refractivity contribution in [1.82, 2.24) is 10.2 Å². The van der Waals surface area contributed by atoms with E-state index in [-0.39, 0.29) is 24.4 Å². The van der Waals surface area contributed by atoms with Crippen molar-refractivity contribution in [3.05, 3.63) is 57.3 Å². The zero-order valence-electron chi connectivity index (χ0n) is 14.0. The number of amides is 2. The van der Waals surface area contributed by atoms with Crippen LogP contribution in [0.2, 0.25) is 0 Å². The average Bonchev–Trinajstić information content (AvgIpc) is 3.07. The van der Waals surface area contributed by atoms with E-state index in [1.54, 1.807) is 17.4 Å². The smallest absolute Gasteiger partial charge is 0.251 e. The molecule has 4 nitrogen and oxygen atoms in total. The summed E-state index contributed by atoms with van der Waals surface area (Å²) in [7, 11) is 0. The maximum atomic E-state index is 12.6. The minimum atomic E-state index is -0.201. The fraction of sp³-hybridized carbons (Fsp3) is 0.368. The van der Waals surface area contributed by atoms with E-state index in [0.717, 1.165) is 24.9 Å². The van der Waals surface area contributed by atoms with E-state index in [1.165, 1.54) is 10.4 Å². The van der Waals surface area contributed by atoms with Crippen LogP contribution >= 0.6 is 11.3 Å². The van der Waals surface area contributed by atoms with Crippen LogP contribution in [0.3, 0.4) is 0 Å². The average molecular weight is 342 g/mol. The number of carbonyl (C=O) groups is 2. The normalized spacial score (nSPS) is 16.6. The lowest BCUT2D eigenvalue weighted by molar-refractivity contribution is -0.133. The summed E-state index contributed by atoms with van der Waals surface area (Å²) in [6, 6.07) is 9.64. The van der Waals surface area contributed by atoms with Gasteiger partial charge in [-0.1, -0.05) is 24.6 Å². The lowest BCUT2D eigenvalue weighted by atomic mass is 9.98. The van der Waals surface area contributed by atoms with Crippen LogP contribution in [0.25, 0.3) is 0 Å². The predicted octanol–water partition coefficient (Wildman–Crippen LogP) is 3.32. The van der Waals surface area contributed by atoms with Crippen LogP contribution in [0.4, 0.5) is 0 Å². The summed E-state index contributed by atoms with van der Waals surface area (Å²) in [6.07, 6.45) is 1.79. The number of hydrogen-bond acceptors (Lipinski definition) is 3. The van der Waals surface area contributed by atoms with Crippen LogP contribution in [-0.4, -0.2) is 29.8 Å². The van der Waals surface area contributed by atoms with Gasteiger partial charge in [0.25, 0.3) is 5.91 Å². The summed E-state index contributed by atoms with van der Waals surface area (Å²) in [6.45, 7) is 4.82. The molecule has 0 aliphatic carbocycles. The lowest BCUT2D eigenvalue weighted by Crippen LogP contribution is -2.44. The van der Waals surface area contributed by atoms with Crippen LogP contribution in [0.1, 0.15) is 45.7 Å². The molecule has 3 rings (SSSR count). The molecule has 1 N–H and O–H groups in total. The zero-order chi connectivity index (χ0) is 17.1. The summed E-state index contributed by atoms with van der Waals surface area (Å²) >= 11 is 1.77. The Bertz CT molecular complexity index is 753. The van der Waals surface area contributed by atoms with Crippen LogP contribution in [0.15, 0.2) is 35.7 Å². The Morgan fingerprint density at radius 3 is 2.92 bits per heavy atom. The Morgan fingerprint density at radius 1 is 1.33 bits per heavy atom. The molecule has 0 radical (unpaired) electrons. The fourth-order valence-electron chi connectivity index (χ4n) is 3.28. The molecule has 2 amide bonds.